The highest BCUT2D eigenvalue weighted by molar-refractivity contribution is 8.03. The van der Waals surface area contributed by atoms with Gasteiger partial charge in [-0.15, -0.1) is 0 Å². The topological polar surface area (TPSA) is 0 Å². The Morgan fingerprint density at radius 1 is 1.14 bits per heavy atom. The van der Waals surface area contributed by atoms with Crippen molar-refractivity contribution in [1.82, 2.24) is 0 Å². The van der Waals surface area contributed by atoms with Crippen LogP contribution in [0.5, 0.6) is 0 Å². The molecule has 0 fully saturated rings. The fraction of sp³-hybridized carbons (Fsp3) is 0.0769. The lowest BCUT2D eigenvalue weighted by Crippen LogP contribution is -1.85. The van der Waals surface area contributed by atoms with E-state index in [-0.39, 0.29) is 0 Å². The molecule has 0 aromatic heterocycles. The molecule has 0 unspecified atom stereocenters. The quantitative estimate of drug-likeness (QED) is 0.649. The molecule has 1 aliphatic rings. The molecule has 68 valence electrons. The summed E-state index contributed by atoms with van der Waals surface area (Å²) in [6.45, 7) is 5.87. The van der Waals surface area contributed by atoms with Gasteiger partial charge in [-0.25, -0.2) is 0 Å². The molecular formula is C13H11S+. The van der Waals surface area contributed by atoms with E-state index in [1.807, 2.05) is 24.3 Å². The first kappa shape index (κ1) is 9.26. The van der Waals surface area contributed by atoms with Gasteiger partial charge in [-0.3, -0.25) is 0 Å². The van der Waals surface area contributed by atoms with Gasteiger partial charge in [0.2, 0.25) is 0 Å². The van der Waals surface area contributed by atoms with Gasteiger partial charge in [0.05, 0.1) is 6.08 Å². The number of thioether (sulfide) groups is 1. The van der Waals surface area contributed by atoms with E-state index in [9.17, 15) is 0 Å². The molecular weight excluding hydrogens is 188 g/mol. The first-order chi connectivity index (χ1) is 6.86. The molecule has 0 radical (unpaired) electrons. The molecule has 0 heterocycles. The van der Waals surface area contributed by atoms with Gasteiger partial charge in [0.25, 0.3) is 0 Å². The van der Waals surface area contributed by atoms with Crippen LogP contribution in [0.3, 0.4) is 0 Å². The fourth-order valence-electron chi connectivity index (χ4n) is 1.29. The molecule has 0 spiro atoms. The van der Waals surface area contributed by atoms with Gasteiger partial charge in [-0.1, -0.05) is 18.2 Å². The monoisotopic (exact) mass is 199 g/mol. The highest BCUT2D eigenvalue weighted by atomic mass is 32.2. The number of hydrogen-bond donors (Lipinski definition) is 0. The van der Waals surface area contributed by atoms with E-state index < -0.39 is 0 Å². The Hall–Kier alpha value is -1.30. The highest BCUT2D eigenvalue weighted by Gasteiger charge is 2.14. The van der Waals surface area contributed by atoms with Crippen LogP contribution in [0.2, 0.25) is 0 Å². The second-order valence-electron chi connectivity index (χ2n) is 3.08. The smallest absolute Gasteiger partial charge is 0.0622 e. The van der Waals surface area contributed by atoms with Crippen molar-refractivity contribution in [3.8, 4) is 0 Å². The van der Waals surface area contributed by atoms with Gasteiger partial charge < -0.3 is 0 Å². The summed E-state index contributed by atoms with van der Waals surface area (Å²) in [5, 5.41) is 0. The number of rotatable bonds is 2. The van der Waals surface area contributed by atoms with Crippen LogP contribution >= 0.6 is 11.8 Å². The lowest BCUT2D eigenvalue weighted by molar-refractivity contribution is 1.33. The minimum Gasteiger partial charge on any atom is -0.0622 e. The molecule has 1 aliphatic carbocycles. The van der Waals surface area contributed by atoms with E-state index >= 15 is 0 Å². The summed E-state index contributed by atoms with van der Waals surface area (Å²) in [6.07, 6.45) is 7.19. The zero-order valence-electron chi connectivity index (χ0n) is 7.81. The van der Waals surface area contributed by atoms with E-state index in [0.29, 0.717) is 0 Å². The van der Waals surface area contributed by atoms with E-state index in [1.54, 1.807) is 11.8 Å². The average Bonchev–Trinajstić information content (AvgIpc) is 2.23. The lowest BCUT2D eigenvalue weighted by Gasteiger charge is -2.01. The van der Waals surface area contributed by atoms with Gasteiger partial charge in [0.1, 0.15) is 4.91 Å². The fourth-order valence-corrected chi connectivity index (χ4v) is 2.20. The SMILES string of the molecule is [CH+]=C1C=CCC=C1Sc1ccccc1. The largest absolute Gasteiger partial charge is 0.194 e. The van der Waals surface area contributed by atoms with Crippen LogP contribution in [0.15, 0.2) is 63.9 Å². The second kappa shape index (κ2) is 4.28. The maximum Gasteiger partial charge on any atom is 0.194 e. The van der Waals surface area contributed by atoms with Crippen molar-refractivity contribution >= 4 is 11.8 Å². The molecule has 0 saturated carbocycles. The maximum absolute atomic E-state index is 5.87. The van der Waals surface area contributed by atoms with Crippen LogP contribution in [0.25, 0.3) is 0 Å². The average molecular weight is 199 g/mol. The standard InChI is InChI=1S/C13H11S/c1-11-7-5-6-10-13(11)14-12-8-3-2-4-9-12/h1-5,7-10H,6H2/q+1. The minimum absolute atomic E-state index is 0.866. The van der Waals surface area contributed by atoms with Crippen LogP contribution in [0.1, 0.15) is 6.42 Å². The third-order valence-corrected chi connectivity index (χ3v) is 3.12. The predicted octanol–water partition coefficient (Wildman–Crippen LogP) is 3.98. The molecule has 0 amide bonds. The predicted molar refractivity (Wildman–Crippen MR) is 62.0 cm³/mol. The van der Waals surface area contributed by atoms with Gasteiger partial charge in [-0.2, -0.15) is 0 Å². The van der Waals surface area contributed by atoms with Crippen molar-refractivity contribution in [2.45, 2.75) is 11.3 Å². The van der Waals surface area contributed by atoms with E-state index in [4.69, 9.17) is 6.58 Å². The van der Waals surface area contributed by atoms with E-state index in [1.165, 1.54) is 9.80 Å². The Balaban J connectivity index is 2.12. The first-order valence-electron chi connectivity index (χ1n) is 4.58. The molecule has 0 bridgehead atoms. The molecule has 14 heavy (non-hydrogen) atoms. The Bertz CT molecular complexity index is 385. The van der Waals surface area contributed by atoms with Gasteiger partial charge in [0, 0.05) is 17.9 Å². The Labute approximate surface area is 89.0 Å². The molecule has 0 N–H and O–H groups in total. The molecule has 1 aromatic carbocycles. The van der Waals surface area contributed by atoms with Crippen LogP contribution in [-0.4, -0.2) is 0 Å². The van der Waals surface area contributed by atoms with Crippen molar-refractivity contribution in [2.75, 3.05) is 0 Å². The Kier molecular flexibility index (Phi) is 2.83. The van der Waals surface area contributed by atoms with Gasteiger partial charge in [-0.05, 0) is 36.0 Å². The van der Waals surface area contributed by atoms with Crippen molar-refractivity contribution < 1.29 is 0 Å². The summed E-state index contributed by atoms with van der Waals surface area (Å²) in [5.41, 5.74) is 0.866. The van der Waals surface area contributed by atoms with E-state index in [2.05, 4.69) is 24.3 Å². The number of allylic oxidation sites excluding steroid dienone is 4. The minimum atomic E-state index is 0.866. The van der Waals surface area contributed by atoms with Crippen LogP contribution in [0.4, 0.5) is 0 Å². The van der Waals surface area contributed by atoms with Gasteiger partial charge >= 0.3 is 0 Å². The van der Waals surface area contributed by atoms with Crippen molar-refractivity contribution in [2.24, 2.45) is 0 Å². The number of hydrogen-bond acceptors (Lipinski definition) is 1. The highest BCUT2D eigenvalue weighted by Crippen LogP contribution is 2.33. The Morgan fingerprint density at radius 3 is 2.64 bits per heavy atom. The molecule has 0 atom stereocenters. The molecule has 0 nitrogen and oxygen atoms in total. The summed E-state index contributed by atoms with van der Waals surface area (Å²) in [6, 6.07) is 10.3. The summed E-state index contributed by atoms with van der Waals surface area (Å²) >= 11 is 1.72. The molecule has 1 aromatic rings. The summed E-state index contributed by atoms with van der Waals surface area (Å²) in [4.78, 5) is 2.40. The van der Waals surface area contributed by atoms with Crippen molar-refractivity contribution in [3.63, 3.8) is 0 Å². The lowest BCUT2D eigenvalue weighted by atomic mass is 10.1. The summed E-state index contributed by atoms with van der Waals surface area (Å²) < 4.78 is 0. The third kappa shape index (κ3) is 2.14. The van der Waals surface area contributed by atoms with Crippen molar-refractivity contribution in [1.29, 1.82) is 0 Å². The van der Waals surface area contributed by atoms with Crippen LogP contribution in [0, 0.1) is 6.58 Å². The van der Waals surface area contributed by atoms with Crippen molar-refractivity contribution in [3.05, 3.63) is 65.6 Å². The third-order valence-electron chi connectivity index (χ3n) is 1.99. The normalized spacial score (nSPS) is 15.4. The van der Waals surface area contributed by atoms with Gasteiger partial charge in [0.15, 0.2) is 5.57 Å². The molecule has 1 heteroatoms. The zero-order chi connectivity index (χ0) is 9.80. The summed E-state index contributed by atoms with van der Waals surface area (Å²) in [5.74, 6) is 0. The maximum atomic E-state index is 5.87. The Morgan fingerprint density at radius 2 is 1.93 bits per heavy atom. The zero-order valence-corrected chi connectivity index (χ0v) is 8.63. The van der Waals surface area contributed by atoms with Crippen LogP contribution < -0.4 is 0 Å². The van der Waals surface area contributed by atoms with Crippen LogP contribution in [-0.2, 0) is 0 Å². The summed E-state index contributed by atoms with van der Waals surface area (Å²) in [7, 11) is 0. The second-order valence-corrected chi connectivity index (χ2v) is 4.19. The molecule has 0 aliphatic heterocycles. The molecule has 2 rings (SSSR count). The van der Waals surface area contributed by atoms with E-state index in [0.717, 1.165) is 12.0 Å². The molecule has 0 saturated heterocycles. The number of benzene rings is 1. The first-order valence-corrected chi connectivity index (χ1v) is 5.40.